The number of benzene rings is 1. The van der Waals surface area contributed by atoms with Crippen LogP contribution in [0.3, 0.4) is 0 Å². The van der Waals surface area contributed by atoms with E-state index in [0.29, 0.717) is 19.6 Å². The Morgan fingerprint density at radius 3 is 2.43 bits per heavy atom. The van der Waals surface area contributed by atoms with E-state index in [0.717, 1.165) is 6.42 Å². The van der Waals surface area contributed by atoms with Gasteiger partial charge in [0, 0.05) is 39.6 Å². The number of rotatable bonds is 7. The van der Waals surface area contributed by atoms with E-state index in [2.05, 4.69) is 5.32 Å². The first kappa shape index (κ1) is 21.8. The van der Waals surface area contributed by atoms with E-state index < -0.39 is 28.5 Å². The maximum Gasteiger partial charge on any atom is 0.338 e. The second-order valence-electron chi connectivity index (χ2n) is 6.36. The van der Waals surface area contributed by atoms with E-state index >= 15 is 0 Å². The Balaban J connectivity index is 2.04. The maximum atomic E-state index is 12.8. The predicted molar refractivity (Wildman–Crippen MR) is 101 cm³/mol. The van der Waals surface area contributed by atoms with Gasteiger partial charge in [0.25, 0.3) is 5.91 Å². The minimum atomic E-state index is -3.80. The zero-order chi connectivity index (χ0) is 20.7. The average Bonchev–Trinajstić information content (AvgIpc) is 2.70. The van der Waals surface area contributed by atoms with Gasteiger partial charge in [-0.2, -0.15) is 4.31 Å². The molecule has 0 atom stereocenters. The summed E-state index contributed by atoms with van der Waals surface area (Å²) in [5.74, 6) is -1.28. The van der Waals surface area contributed by atoms with Gasteiger partial charge in [0.05, 0.1) is 10.5 Å². The molecule has 9 nitrogen and oxygen atoms in total. The molecular formula is C18H25N3O6S. The third-order valence-corrected chi connectivity index (χ3v) is 6.19. The summed E-state index contributed by atoms with van der Waals surface area (Å²) in [6.07, 6.45) is 0.764. The molecular weight excluding hydrogens is 386 g/mol. The van der Waals surface area contributed by atoms with Crippen molar-refractivity contribution in [1.82, 2.24) is 14.5 Å². The molecule has 0 aliphatic carbocycles. The molecule has 0 spiro atoms. The summed E-state index contributed by atoms with van der Waals surface area (Å²) in [6, 6.07) is 5.52. The highest BCUT2D eigenvalue weighted by atomic mass is 32.2. The number of hydrogen-bond donors (Lipinski definition) is 1. The third-order valence-electron chi connectivity index (χ3n) is 4.30. The van der Waals surface area contributed by atoms with Crippen LogP contribution in [-0.2, 0) is 24.3 Å². The fourth-order valence-electron chi connectivity index (χ4n) is 2.71. The number of nitrogens with one attached hydrogen (secondary N) is 1. The van der Waals surface area contributed by atoms with E-state index in [-0.39, 0.29) is 29.5 Å². The Labute approximate surface area is 164 Å². The van der Waals surface area contributed by atoms with Crippen molar-refractivity contribution in [3.63, 3.8) is 0 Å². The van der Waals surface area contributed by atoms with Gasteiger partial charge in [-0.25, -0.2) is 13.2 Å². The van der Waals surface area contributed by atoms with Crippen LogP contribution in [0.5, 0.6) is 0 Å². The lowest BCUT2D eigenvalue weighted by Gasteiger charge is -2.33. The largest absolute Gasteiger partial charge is 0.452 e. The number of sulfonamides is 1. The Kier molecular flexibility index (Phi) is 7.53. The summed E-state index contributed by atoms with van der Waals surface area (Å²) < 4.78 is 31.9. The summed E-state index contributed by atoms with van der Waals surface area (Å²) in [4.78, 5) is 36.6. The SMILES string of the molecule is CCCNC(=O)COC(=O)c1cccc(S(=O)(=O)N2CCN(C(C)=O)CC2)c1. The van der Waals surface area contributed by atoms with Crippen LogP contribution in [0, 0.1) is 0 Å². The van der Waals surface area contributed by atoms with E-state index in [4.69, 9.17) is 4.74 Å². The minimum Gasteiger partial charge on any atom is -0.452 e. The van der Waals surface area contributed by atoms with Crippen LogP contribution in [0.2, 0.25) is 0 Å². The Hall–Kier alpha value is -2.46. The van der Waals surface area contributed by atoms with E-state index in [1.165, 1.54) is 35.5 Å². The normalized spacial score (nSPS) is 15.1. The van der Waals surface area contributed by atoms with Crippen molar-refractivity contribution in [3.05, 3.63) is 29.8 Å². The highest BCUT2D eigenvalue weighted by Crippen LogP contribution is 2.19. The molecule has 0 bridgehead atoms. The van der Waals surface area contributed by atoms with E-state index in [1.807, 2.05) is 6.92 Å². The molecule has 1 aromatic carbocycles. The van der Waals surface area contributed by atoms with Gasteiger partial charge in [0.2, 0.25) is 15.9 Å². The second kappa shape index (κ2) is 9.65. The molecule has 1 fully saturated rings. The van der Waals surface area contributed by atoms with Crippen LogP contribution in [-0.4, -0.2) is 74.7 Å². The second-order valence-corrected chi connectivity index (χ2v) is 8.30. The number of nitrogens with zero attached hydrogens (tertiary/aromatic N) is 2. The first-order chi connectivity index (χ1) is 13.3. The van der Waals surface area contributed by atoms with Crippen molar-refractivity contribution >= 4 is 27.8 Å². The molecule has 10 heteroatoms. The van der Waals surface area contributed by atoms with Crippen molar-refractivity contribution in [2.24, 2.45) is 0 Å². The smallest absolute Gasteiger partial charge is 0.338 e. The fourth-order valence-corrected chi connectivity index (χ4v) is 4.17. The predicted octanol–water partition coefficient (Wildman–Crippen LogP) is 0.222. The Bertz CT molecular complexity index is 831. The Morgan fingerprint density at radius 1 is 1.14 bits per heavy atom. The minimum absolute atomic E-state index is 0.0336. The molecule has 1 aliphatic rings. The van der Waals surface area contributed by atoms with Gasteiger partial charge in [0.15, 0.2) is 6.61 Å². The zero-order valence-corrected chi connectivity index (χ0v) is 16.8. The molecule has 1 heterocycles. The van der Waals surface area contributed by atoms with Crippen molar-refractivity contribution in [2.75, 3.05) is 39.3 Å². The number of piperazine rings is 1. The number of hydrogen-bond acceptors (Lipinski definition) is 6. The maximum absolute atomic E-state index is 12.8. The quantitative estimate of drug-likeness (QED) is 0.643. The molecule has 0 unspecified atom stereocenters. The van der Waals surface area contributed by atoms with Gasteiger partial charge in [-0.1, -0.05) is 13.0 Å². The van der Waals surface area contributed by atoms with Gasteiger partial charge in [-0.3, -0.25) is 9.59 Å². The number of esters is 1. The van der Waals surface area contributed by atoms with Gasteiger partial charge in [0.1, 0.15) is 0 Å². The van der Waals surface area contributed by atoms with E-state index in [9.17, 15) is 22.8 Å². The molecule has 1 aromatic rings. The van der Waals surface area contributed by atoms with Crippen LogP contribution in [0.1, 0.15) is 30.6 Å². The van der Waals surface area contributed by atoms with Crippen molar-refractivity contribution in [2.45, 2.75) is 25.2 Å². The molecule has 0 aromatic heterocycles. The summed E-state index contributed by atoms with van der Waals surface area (Å²) >= 11 is 0. The number of amides is 2. The molecule has 154 valence electrons. The molecule has 28 heavy (non-hydrogen) atoms. The molecule has 1 N–H and O–H groups in total. The van der Waals surface area contributed by atoms with E-state index in [1.54, 1.807) is 4.90 Å². The molecule has 1 saturated heterocycles. The molecule has 1 aliphatic heterocycles. The highest BCUT2D eigenvalue weighted by molar-refractivity contribution is 7.89. The lowest BCUT2D eigenvalue weighted by Crippen LogP contribution is -2.49. The third kappa shape index (κ3) is 5.52. The lowest BCUT2D eigenvalue weighted by molar-refractivity contribution is -0.130. The first-order valence-electron chi connectivity index (χ1n) is 9.05. The summed E-state index contributed by atoms with van der Waals surface area (Å²) in [6.45, 7) is 4.43. The van der Waals surface area contributed by atoms with Crippen molar-refractivity contribution in [3.8, 4) is 0 Å². The van der Waals surface area contributed by atoms with Crippen LogP contribution < -0.4 is 5.32 Å². The topological polar surface area (TPSA) is 113 Å². The van der Waals surface area contributed by atoms with Crippen molar-refractivity contribution in [1.29, 1.82) is 0 Å². The average molecular weight is 411 g/mol. The molecule has 2 amide bonds. The van der Waals surface area contributed by atoms with Crippen LogP contribution in [0.15, 0.2) is 29.2 Å². The molecule has 0 radical (unpaired) electrons. The van der Waals surface area contributed by atoms with Gasteiger partial charge in [-0.15, -0.1) is 0 Å². The van der Waals surface area contributed by atoms with Gasteiger partial charge in [-0.05, 0) is 24.6 Å². The summed E-state index contributed by atoms with van der Waals surface area (Å²) in [5, 5.41) is 2.58. The van der Waals surface area contributed by atoms with Crippen LogP contribution >= 0.6 is 0 Å². The molecule has 0 saturated carbocycles. The fraction of sp³-hybridized carbons (Fsp3) is 0.500. The lowest BCUT2D eigenvalue weighted by atomic mass is 10.2. The number of carbonyl (C=O) groups is 3. The summed E-state index contributed by atoms with van der Waals surface area (Å²) in [7, 11) is -3.80. The summed E-state index contributed by atoms with van der Waals surface area (Å²) in [5.41, 5.74) is 0.0479. The monoisotopic (exact) mass is 411 g/mol. The standard InChI is InChI=1S/C18H25N3O6S/c1-3-7-19-17(23)13-27-18(24)15-5-4-6-16(12-15)28(25,26)21-10-8-20(9-11-21)14(2)22/h4-6,12H,3,7-11,13H2,1-2H3,(H,19,23). The Morgan fingerprint density at radius 2 is 1.82 bits per heavy atom. The van der Waals surface area contributed by atoms with Crippen molar-refractivity contribution < 1.29 is 27.5 Å². The zero-order valence-electron chi connectivity index (χ0n) is 16.0. The van der Waals surface area contributed by atoms with Crippen LogP contribution in [0.25, 0.3) is 0 Å². The van der Waals surface area contributed by atoms with Crippen LogP contribution in [0.4, 0.5) is 0 Å². The highest BCUT2D eigenvalue weighted by Gasteiger charge is 2.29. The number of carbonyl (C=O) groups excluding carboxylic acids is 3. The van der Waals surface area contributed by atoms with Gasteiger partial charge < -0.3 is 15.0 Å². The molecule has 2 rings (SSSR count). The first-order valence-corrected chi connectivity index (χ1v) is 10.5. The van der Waals surface area contributed by atoms with Gasteiger partial charge >= 0.3 is 5.97 Å². The number of ether oxygens (including phenoxy) is 1.